The summed E-state index contributed by atoms with van der Waals surface area (Å²) in [6, 6.07) is 13.0. The molecular formula is C23H25N3O5. The van der Waals surface area contributed by atoms with Crippen molar-refractivity contribution in [2.75, 3.05) is 19.0 Å². The second-order valence-corrected chi connectivity index (χ2v) is 7.54. The molecule has 0 saturated carbocycles. The van der Waals surface area contributed by atoms with Crippen LogP contribution in [0.5, 0.6) is 5.75 Å². The second-order valence-electron chi connectivity index (χ2n) is 7.54. The molecule has 0 aromatic heterocycles. The molecule has 3 rings (SSSR count). The molecule has 0 spiro atoms. The number of nitrogens with one attached hydrogen (secondary N) is 2. The van der Waals surface area contributed by atoms with Crippen molar-refractivity contribution >= 4 is 29.3 Å². The van der Waals surface area contributed by atoms with E-state index in [-0.39, 0.29) is 24.7 Å². The first kappa shape index (κ1) is 22.0. The molecule has 1 aliphatic rings. The fourth-order valence-corrected chi connectivity index (χ4v) is 3.46. The fourth-order valence-electron chi connectivity index (χ4n) is 3.46. The summed E-state index contributed by atoms with van der Waals surface area (Å²) >= 11 is 0. The van der Waals surface area contributed by atoms with Crippen LogP contribution in [0.15, 0.2) is 48.5 Å². The number of nitrogens with zero attached hydrogens (tertiary/aromatic N) is 1. The molecule has 8 heteroatoms. The van der Waals surface area contributed by atoms with Gasteiger partial charge in [0.05, 0.1) is 13.7 Å². The Balaban J connectivity index is 1.70. The Bertz CT molecular complexity index is 1020. The first-order chi connectivity index (χ1) is 14.8. The van der Waals surface area contributed by atoms with E-state index in [9.17, 15) is 19.2 Å². The van der Waals surface area contributed by atoms with Crippen molar-refractivity contribution in [2.45, 2.75) is 32.2 Å². The third-order valence-corrected chi connectivity index (χ3v) is 5.20. The van der Waals surface area contributed by atoms with Crippen molar-refractivity contribution in [2.24, 2.45) is 0 Å². The predicted molar refractivity (Wildman–Crippen MR) is 115 cm³/mol. The first-order valence-corrected chi connectivity index (χ1v) is 9.96. The van der Waals surface area contributed by atoms with Crippen molar-refractivity contribution in [1.29, 1.82) is 0 Å². The molecule has 2 aromatic carbocycles. The number of para-hydroxylation sites is 1. The van der Waals surface area contributed by atoms with Gasteiger partial charge in [0.15, 0.2) is 5.78 Å². The van der Waals surface area contributed by atoms with Gasteiger partial charge in [-0.3, -0.25) is 19.3 Å². The Hall–Kier alpha value is -3.68. The quantitative estimate of drug-likeness (QED) is 0.502. The summed E-state index contributed by atoms with van der Waals surface area (Å²) in [6.07, 6.45) is 0.582. The highest BCUT2D eigenvalue weighted by Gasteiger charge is 2.48. The van der Waals surface area contributed by atoms with Crippen LogP contribution in [0, 0.1) is 0 Å². The number of urea groups is 1. The number of Topliss-reactive ketones (excluding diaryl/α,β-unsaturated/α-hetero) is 1. The SMILES string of the molecule is CCC(=O)Nc1ccc(C(=O)CN2C(=O)N[C@](C)(Cc3ccccc3OC)C2=O)cc1. The first-order valence-electron chi connectivity index (χ1n) is 9.96. The second kappa shape index (κ2) is 8.99. The van der Waals surface area contributed by atoms with E-state index in [2.05, 4.69) is 10.6 Å². The zero-order valence-electron chi connectivity index (χ0n) is 17.7. The van der Waals surface area contributed by atoms with Gasteiger partial charge in [-0.2, -0.15) is 0 Å². The van der Waals surface area contributed by atoms with Crippen LogP contribution in [-0.2, 0) is 16.0 Å². The molecule has 4 amide bonds. The lowest BCUT2D eigenvalue weighted by Gasteiger charge is -2.22. The molecule has 31 heavy (non-hydrogen) atoms. The van der Waals surface area contributed by atoms with Crippen molar-refractivity contribution < 1.29 is 23.9 Å². The van der Waals surface area contributed by atoms with Gasteiger partial charge in [-0.25, -0.2) is 4.79 Å². The Kier molecular flexibility index (Phi) is 6.39. The van der Waals surface area contributed by atoms with Crippen LogP contribution in [-0.4, -0.2) is 47.7 Å². The highest BCUT2D eigenvalue weighted by molar-refractivity contribution is 6.11. The molecule has 0 radical (unpaired) electrons. The molecule has 1 aliphatic heterocycles. The smallest absolute Gasteiger partial charge is 0.325 e. The number of methoxy groups -OCH3 is 1. The summed E-state index contributed by atoms with van der Waals surface area (Å²) in [4.78, 5) is 50.6. The zero-order valence-corrected chi connectivity index (χ0v) is 17.7. The van der Waals surface area contributed by atoms with Crippen molar-refractivity contribution in [3.8, 4) is 5.75 Å². The van der Waals surface area contributed by atoms with Crippen LogP contribution >= 0.6 is 0 Å². The molecular weight excluding hydrogens is 398 g/mol. The lowest BCUT2D eigenvalue weighted by Crippen LogP contribution is -2.46. The minimum atomic E-state index is -1.18. The van der Waals surface area contributed by atoms with Crippen LogP contribution < -0.4 is 15.4 Å². The molecule has 1 heterocycles. The van der Waals surface area contributed by atoms with Gasteiger partial charge in [0.2, 0.25) is 5.91 Å². The van der Waals surface area contributed by atoms with Crippen LogP contribution in [0.4, 0.5) is 10.5 Å². The van der Waals surface area contributed by atoms with Crippen molar-refractivity contribution in [3.63, 3.8) is 0 Å². The molecule has 1 atom stereocenters. The van der Waals surface area contributed by atoms with E-state index in [1.807, 2.05) is 18.2 Å². The number of imide groups is 1. The van der Waals surface area contributed by atoms with E-state index in [0.717, 1.165) is 10.5 Å². The molecule has 1 saturated heterocycles. The number of ketones is 1. The van der Waals surface area contributed by atoms with Gasteiger partial charge in [-0.1, -0.05) is 25.1 Å². The van der Waals surface area contributed by atoms with Gasteiger partial charge in [0.25, 0.3) is 5.91 Å². The van der Waals surface area contributed by atoms with Crippen LogP contribution in [0.1, 0.15) is 36.2 Å². The summed E-state index contributed by atoms with van der Waals surface area (Å²) in [5, 5.41) is 5.41. The van der Waals surface area contributed by atoms with Gasteiger partial charge < -0.3 is 15.4 Å². The topological polar surface area (TPSA) is 105 Å². The highest BCUT2D eigenvalue weighted by Crippen LogP contribution is 2.27. The Morgan fingerprint density at radius 3 is 2.42 bits per heavy atom. The normalized spacial score (nSPS) is 18.0. The van der Waals surface area contributed by atoms with Gasteiger partial charge >= 0.3 is 6.03 Å². The fraction of sp³-hybridized carbons (Fsp3) is 0.304. The number of rotatable bonds is 8. The minimum absolute atomic E-state index is 0.132. The van der Waals surface area contributed by atoms with Crippen LogP contribution in [0.25, 0.3) is 0 Å². The summed E-state index contributed by atoms with van der Waals surface area (Å²) in [7, 11) is 1.54. The van der Waals surface area contributed by atoms with Crippen LogP contribution in [0.2, 0.25) is 0 Å². The maximum Gasteiger partial charge on any atom is 0.325 e. The lowest BCUT2D eigenvalue weighted by molar-refractivity contribution is -0.130. The van der Waals surface area contributed by atoms with Crippen molar-refractivity contribution in [3.05, 3.63) is 59.7 Å². The zero-order chi connectivity index (χ0) is 22.6. The Labute approximate surface area is 180 Å². The molecule has 1 fully saturated rings. The highest BCUT2D eigenvalue weighted by atomic mass is 16.5. The van der Waals surface area contributed by atoms with E-state index in [0.29, 0.717) is 23.4 Å². The number of hydrogen-bond donors (Lipinski definition) is 2. The molecule has 0 bridgehead atoms. The molecule has 0 aliphatic carbocycles. The maximum absolute atomic E-state index is 13.0. The average Bonchev–Trinajstić information content (AvgIpc) is 2.97. The molecule has 8 nitrogen and oxygen atoms in total. The summed E-state index contributed by atoms with van der Waals surface area (Å²) in [5.74, 6) is -0.356. The third-order valence-electron chi connectivity index (χ3n) is 5.20. The monoisotopic (exact) mass is 423 g/mol. The minimum Gasteiger partial charge on any atom is -0.496 e. The maximum atomic E-state index is 13.0. The van der Waals surface area contributed by atoms with Crippen molar-refractivity contribution in [1.82, 2.24) is 10.2 Å². The van der Waals surface area contributed by atoms with E-state index >= 15 is 0 Å². The number of anilines is 1. The van der Waals surface area contributed by atoms with E-state index < -0.39 is 17.5 Å². The molecule has 0 unspecified atom stereocenters. The summed E-state index contributed by atoms with van der Waals surface area (Å²) in [5.41, 5.74) is 0.510. The summed E-state index contributed by atoms with van der Waals surface area (Å²) in [6.45, 7) is 3.01. The Morgan fingerprint density at radius 2 is 1.77 bits per heavy atom. The van der Waals surface area contributed by atoms with E-state index in [4.69, 9.17) is 4.74 Å². The number of hydrogen-bond acceptors (Lipinski definition) is 5. The van der Waals surface area contributed by atoms with Gasteiger partial charge in [-0.15, -0.1) is 0 Å². The van der Waals surface area contributed by atoms with Crippen LogP contribution in [0.3, 0.4) is 0 Å². The molecule has 2 aromatic rings. The number of carbonyl (C=O) groups excluding carboxylic acids is 4. The van der Waals surface area contributed by atoms with Gasteiger partial charge in [0.1, 0.15) is 11.3 Å². The number of benzene rings is 2. The lowest BCUT2D eigenvalue weighted by atomic mass is 9.92. The number of amides is 4. The molecule has 162 valence electrons. The number of carbonyl (C=O) groups is 4. The predicted octanol–water partition coefficient (Wildman–Crippen LogP) is 2.78. The molecule has 2 N–H and O–H groups in total. The Morgan fingerprint density at radius 1 is 1.10 bits per heavy atom. The van der Waals surface area contributed by atoms with E-state index in [1.54, 1.807) is 51.3 Å². The average molecular weight is 423 g/mol. The third kappa shape index (κ3) is 4.74. The summed E-state index contributed by atoms with van der Waals surface area (Å²) < 4.78 is 5.33. The van der Waals surface area contributed by atoms with E-state index in [1.165, 1.54) is 0 Å². The number of ether oxygens (including phenoxy) is 1. The van der Waals surface area contributed by atoms with Gasteiger partial charge in [0, 0.05) is 24.1 Å². The van der Waals surface area contributed by atoms with Gasteiger partial charge in [-0.05, 0) is 42.8 Å². The standard InChI is InChI=1S/C23H25N3O5/c1-4-20(28)24-17-11-9-15(10-12-17)18(27)14-26-21(29)23(2,25-22(26)30)13-16-7-5-6-8-19(16)31-3/h5-12H,4,13-14H2,1-3H3,(H,24,28)(H,25,30)/t23-/m1/s1. The largest absolute Gasteiger partial charge is 0.496 e.